The summed E-state index contributed by atoms with van der Waals surface area (Å²) >= 11 is 1.81. The zero-order chi connectivity index (χ0) is 23.2. The molecule has 0 saturated heterocycles. The molecule has 6 rings (SSSR count). The summed E-state index contributed by atoms with van der Waals surface area (Å²) in [6.07, 6.45) is 1.13. The van der Waals surface area contributed by atoms with Crippen molar-refractivity contribution in [2.75, 3.05) is 0 Å². The van der Waals surface area contributed by atoms with Crippen molar-refractivity contribution < 1.29 is 19.2 Å². The SMILES string of the molecule is CCc1cc2ccccc2[cH-]1.Cc1cc2c(-c3cccc4ccccc34)cccc2[cH-]1.[CH3-].[CH3-].[Si]=[Ti]. The van der Waals surface area contributed by atoms with Crippen molar-refractivity contribution in [3.63, 3.8) is 0 Å². The van der Waals surface area contributed by atoms with Crippen LogP contribution < -0.4 is 0 Å². The predicted molar refractivity (Wildman–Crippen MR) is 155 cm³/mol. The first-order chi connectivity index (χ1) is 16.2. The Morgan fingerprint density at radius 2 is 1.20 bits per heavy atom. The molecule has 2 heteroatoms. The van der Waals surface area contributed by atoms with Gasteiger partial charge in [-0.05, 0) is 22.8 Å². The third-order valence-corrected chi connectivity index (χ3v) is 6.06. The van der Waals surface area contributed by atoms with E-state index >= 15 is 0 Å². The van der Waals surface area contributed by atoms with Gasteiger partial charge in [-0.15, -0.1) is 75.1 Å². The molecule has 0 unspecified atom stereocenters. The van der Waals surface area contributed by atoms with E-state index in [0.717, 1.165) is 6.42 Å². The van der Waals surface area contributed by atoms with E-state index in [9.17, 15) is 0 Å². The number of hydrogen-bond donors (Lipinski definition) is 0. The standard InChI is InChI=1S/C20H15.C11H11.2CH3.Si.Ti/c1-14-12-16-8-5-11-19(20(16)13-14)18-10-4-7-15-6-2-3-9-17(15)18;1-2-9-7-10-5-3-4-6-11(10)8-9;;;;/h2-13H,1H3;3-8H,2H2,1H3;2*1H3;;/q4*-1;;. The Hall–Kier alpha value is -2.71. The van der Waals surface area contributed by atoms with Crippen molar-refractivity contribution >= 4 is 39.9 Å². The maximum atomic E-state index is 2.97. The summed E-state index contributed by atoms with van der Waals surface area (Å²) in [5, 5.41) is 8.02. The molecule has 2 radical (unpaired) electrons. The number of benzene rings is 4. The van der Waals surface area contributed by atoms with E-state index in [-0.39, 0.29) is 14.9 Å². The van der Waals surface area contributed by atoms with Crippen LogP contribution in [0.25, 0.3) is 43.4 Å². The summed E-state index contributed by atoms with van der Waals surface area (Å²) in [6, 6.07) is 39.3. The average molecular weight is 505 g/mol. The Morgan fingerprint density at radius 1 is 0.629 bits per heavy atom. The minimum absolute atomic E-state index is 0. The van der Waals surface area contributed by atoms with Gasteiger partial charge in [0.15, 0.2) is 0 Å². The first-order valence-electron chi connectivity index (χ1n) is 11.3. The van der Waals surface area contributed by atoms with Gasteiger partial charge in [-0.3, -0.25) is 0 Å². The van der Waals surface area contributed by atoms with Gasteiger partial charge in [0.05, 0.1) is 0 Å². The van der Waals surface area contributed by atoms with Crippen LogP contribution in [0.3, 0.4) is 0 Å². The maximum absolute atomic E-state index is 2.97. The van der Waals surface area contributed by atoms with Crippen LogP contribution in [0.2, 0.25) is 0 Å². The zero-order valence-corrected chi connectivity index (χ0v) is 23.7. The number of hydrogen-bond acceptors (Lipinski definition) is 0. The summed E-state index contributed by atoms with van der Waals surface area (Å²) in [7, 11) is 2.97. The van der Waals surface area contributed by atoms with E-state index in [1.807, 2.05) is 0 Å². The van der Waals surface area contributed by atoms with Crippen LogP contribution in [0.5, 0.6) is 0 Å². The Morgan fingerprint density at radius 3 is 1.91 bits per heavy atom. The third-order valence-electron chi connectivity index (χ3n) is 6.06. The molecule has 0 amide bonds. The molecule has 0 bridgehead atoms. The fourth-order valence-electron chi connectivity index (χ4n) is 4.50. The molecule has 0 fully saturated rings. The fourth-order valence-corrected chi connectivity index (χ4v) is 4.50. The Bertz CT molecular complexity index is 1460. The number of fused-ring (bicyclic) bond motifs is 3. The molecule has 6 aromatic carbocycles. The summed E-state index contributed by atoms with van der Waals surface area (Å²) in [5.74, 6) is 0. The van der Waals surface area contributed by atoms with Crippen LogP contribution in [0.15, 0.2) is 109 Å². The van der Waals surface area contributed by atoms with Gasteiger partial charge in [0, 0.05) is 0 Å². The average Bonchev–Trinajstić information content (AvgIpc) is 3.47. The van der Waals surface area contributed by atoms with Crippen molar-refractivity contribution in [1.29, 1.82) is 0 Å². The first-order valence-corrected chi connectivity index (χ1v) is 14.1. The molecule has 0 aliphatic rings. The first kappa shape index (κ1) is 28.5. The van der Waals surface area contributed by atoms with Crippen LogP contribution in [-0.2, 0) is 25.6 Å². The molecule has 0 heterocycles. The van der Waals surface area contributed by atoms with Crippen molar-refractivity contribution in [2.24, 2.45) is 0 Å². The quantitative estimate of drug-likeness (QED) is 0.163. The van der Waals surface area contributed by atoms with Crippen LogP contribution in [0.4, 0.5) is 0 Å². The van der Waals surface area contributed by atoms with Gasteiger partial charge in [-0.2, -0.15) is 12.1 Å². The topological polar surface area (TPSA) is 0 Å². The molecule has 0 spiro atoms. The Balaban J connectivity index is 0.000000248. The molecular weight excluding hydrogens is 472 g/mol. The summed E-state index contributed by atoms with van der Waals surface area (Å²) in [4.78, 5) is 0. The van der Waals surface area contributed by atoms with E-state index in [1.54, 1.807) is 19.2 Å². The molecule has 0 nitrogen and oxygen atoms in total. The van der Waals surface area contributed by atoms with E-state index < -0.39 is 0 Å². The van der Waals surface area contributed by atoms with Crippen molar-refractivity contribution in [3.8, 4) is 11.1 Å². The normalized spacial score (nSPS) is 9.86. The van der Waals surface area contributed by atoms with Gasteiger partial charge in [0.1, 0.15) is 0 Å². The van der Waals surface area contributed by atoms with Crippen LogP contribution in [0, 0.1) is 21.8 Å². The van der Waals surface area contributed by atoms with Crippen molar-refractivity contribution in [1.82, 2.24) is 0 Å². The van der Waals surface area contributed by atoms with E-state index in [2.05, 4.69) is 131 Å². The minimum atomic E-state index is 0. The zero-order valence-electron chi connectivity index (χ0n) is 21.1. The van der Waals surface area contributed by atoms with Gasteiger partial charge in [0.2, 0.25) is 0 Å². The Labute approximate surface area is 224 Å². The fraction of sp³-hybridized carbons (Fsp3) is 0.0909. The summed E-state index contributed by atoms with van der Waals surface area (Å²) < 4.78 is 0. The predicted octanol–water partition coefficient (Wildman–Crippen LogP) is 9.33. The molecule has 6 aromatic rings. The monoisotopic (exact) mass is 504 g/mol. The van der Waals surface area contributed by atoms with Crippen molar-refractivity contribution in [2.45, 2.75) is 20.3 Å². The Kier molecular flexibility index (Phi) is 10.9. The molecule has 0 atom stereocenters. The van der Waals surface area contributed by atoms with Crippen LogP contribution in [-0.4, -0.2) is 7.63 Å². The van der Waals surface area contributed by atoms with Crippen molar-refractivity contribution in [3.05, 3.63) is 135 Å². The molecular formula is C33H32SiTi-4. The molecule has 0 aliphatic carbocycles. The van der Waals surface area contributed by atoms with Gasteiger partial charge >= 0.3 is 26.8 Å². The second kappa shape index (κ2) is 13.4. The third kappa shape index (κ3) is 6.30. The number of aryl methyl sites for hydroxylation is 2. The van der Waals surface area contributed by atoms with E-state index in [4.69, 9.17) is 0 Å². The second-order valence-corrected chi connectivity index (χ2v) is 8.21. The number of rotatable bonds is 2. The van der Waals surface area contributed by atoms with E-state index in [0.29, 0.717) is 0 Å². The summed E-state index contributed by atoms with van der Waals surface area (Å²) in [6.45, 7) is 4.35. The summed E-state index contributed by atoms with van der Waals surface area (Å²) in [5.41, 5.74) is 5.41. The van der Waals surface area contributed by atoms with Crippen LogP contribution in [0.1, 0.15) is 18.1 Å². The molecule has 0 aromatic heterocycles. The molecule has 0 aliphatic heterocycles. The van der Waals surface area contributed by atoms with Crippen LogP contribution >= 0.6 is 0 Å². The molecule has 35 heavy (non-hydrogen) atoms. The molecule has 176 valence electrons. The molecule has 0 saturated carbocycles. The van der Waals surface area contributed by atoms with Gasteiger partial charge in [-0.1, -0.05) is 74.0 Å². The molecule has 0 N–H and O–H groups in total. The van der Waals surface area contributed by atoms with E-state index in [1.165, 1.54) is 54.6 Å². The van der Waals surface area contributed by atoms with Gasteiger partial charge < -0.3 is 14.9 Å². The van der Waals surface area contributed by atoms with Gasteiger partial charge in [-0.25, -0.2) is 0 Å². The second-order valence-electron chi connectivity index (χ2n) is 8.21. The van der Waals surface area contributed by atoms with Gasteiger partial charge in [0.25, 0.3) is 0 Å².